The highest BCUT2D eigenvalue weighted by Crippen LogP contribution is 2.27. The first-order valence-corrected chi connectivity index (χ1v) is 8.40. The van der Waals surface area contributed by atoms with E-state index >= 15 is 0 Å². The monoisotopic (exact) mass is 379 g/mol. The average molecular weight is 379 g/mol. The molecule has 0 saturated heterocycles. The van der Waals surface area contributed by atoms with E-state index in [-0.39, 0.29) is 6.04 Å². The highest BCUT2D eigenvalue weighted by atomic mass is 127. The van der Waals surface area contributed by atoms with Crippen molar-refractivity contribution in [2.75, 3.05) is 6.54 Å². The van der Waals surface area contributed by atoms with Gasteiger partial charge < -0.3 is 5.32 Å². The Bertz CT molecular complexity index is 551. The number of aryl methyl sites for hydroxylation is 1. The SMILES string of the molecule is CCCNC(c1cccc(CC)c1)c1ccccc1I. The maximum atomic E-state index is 3.69. The van der Waals surface area contributed by atoms with Crippen LogP contribution in [0.2, 0.25) is 0 Å². The third-order valence-electron chi connectivity index (χ3n) is 3.51. The molecule has 0 aliphatic carbocycles. The first kappa shape index (κ1) is 15.5. The van der Waals surface area contributed by atoms with E-state index in [0.717, 1.165) is 19.4 Å². The van der Waals surface area contributed by atoms with Crippen LogP contribution in [-0.4, -0.2) is 6.54 Å². The van der Waals surface area contributed by atoms with E-state index in [1.165, 1.54) is 20.3 Å². The molecule has 0 aliphatic heterocycles. The summed E-state index contributed by atoms with van der Waals surface area (Å²) in [5.41, 5.74) is 4.13. The van der Waals surface area contributed by atoms with Crippen LogP contribution >= 0.6 is 22.6 Å². The Morgan fingerprint density at radius 3 is 2.55 bits per heavy atom. The largest absolute Gasteiger partial charge is 0.306 e. The molecule has 0 aliphatic rings. The highest BCUT2D eigenvalue weighted by Gasteiger charge is 2.15. The maximum absolute atomic E-state index is 3.69. The minimum atomic E-state index is 0.287. The molecule has 106 valence electrons. The summed E-state index contributed by atoms with van der Waals surface area (Å²) in [6.07, 6.45) is 2.23. The average Bonchev–Trinajstić information content (AvgIpc) is 2.49. The van der Waals surface area contributed by atoms with Crippen molar-refractivity contribution in [1.29, 1.82) is 0 Å². The predicted octanol–water partition coefficient (Wildman–Crippen LogP) is 4.94. The molecule has 2 rings (SSSR count). The van der Waals surface area contributed by atoms with Crippen molar-refractivity contribution in [3.05, 3.63) is 68.8 Å². The third kappa shape index (κ3) is 3.83. The van der Waals surface area contributed by atoms with Crippen LogP contribution < -0.4 is 5.32 Å². The van der Waals surface area contributed by atoms with Gasteiger partial charge >= 0.3 is 0 Å². The Balaban J connectivity index is 2.38. The van der Waals surface area contributed by atoms with Gasteiger partial charge in [-0.05, 0) is 64.7 Å². The zero-order chi connectivity index (χ0) is 14.4. The van der Waals surface area contributed by atoms with Gasteiger partial charge in [0.15, 0.2) is 0 Å². The highest BCUT2D eigenvalue weighted by molar-refractivity contribution is 14.1. The van der Waals surface area contributed by atoms with Gasteiger partial charge in [0.2, 0.25) is 0 Å². The van der Waals surface area contributed by atoms with Gasteiger partial charge in [-0.2, -0.15) is 0 Å². The molecule has 2 aromatic rings. The predicted molar refractivity (Wildman–Crippen MR) is 95.1 cm³/mol. The van der Waals surface area contributed by atoms with E-state index in [0.29, 0.717) is 0 Å². The van der Waals surface area contributed by atoms with Gasteiger partial charge in [-0.15, -0.1) is 0 Å². The molecule has 0 radical (unpaired) electrons. The van der Waals surface area contributed by atoms with Gasteiger partial charge in [0.25, 0.3) is 0 Å². The van der Waals surface area contributed by atoms with Gasteiger partial charge in [-0.25, -0.2) is 0 Å². The smallest absolute Gasteiger partial charge is 0.0587 e. The quantitative estimate of drug-likeness (QED) is 0.701. The second-order valence-electron chi connectivity index (χ2n) is 5.01. The lowest BCUT2D eigenvalue weighted by Gasteiger charge is -2.21. The van der Waals surface area contributed by atoms with E-state index < -0.39 is 0 Å². The molecule has 0 aromatic heterocycles. The number of rotatable bonds is 6. The van der Waals surface area contributed by atoms with Crippen molar-refractivity contribution in [3.8, 4) is 0 Å². The van der Waals surface area contributed by atoms with Crippen molar-refractivity contribution in [1.82, 2.24) is 5.32 Å². The third-order valence-corrected chi connectivity index (χ3v) is 4.49. The molecule has 1 atom stereocenters. The molecular weight excluding hydrogens is 357 g/mol. The first-order valence-electron chi connectivity index (χ1n) is 7.33. The van der Waals surface area contributed by atoms with Crippen molar-refractivity contribution in [2.45, 2.75) is 32.7 Å². The molecule has 20 heavy (non-hydrogen) atoms. The fraction of sp³-hybridized carbons (Fsp3) is 0.333. The fourth-order valence-electron chi connectivity index (χ4n) is 2.40. The Hall–Kier alpha value is -0.870. The lowest BCUT2D eigenvalue weighted by molar-refractivity contribution is 0.596. The van der Waals surface area contributed by atoms with Gasteiger partial charge in [-0.3, -0.25) is 0 Å². The lowest BCUT2D eigenvalue weighted by Crippen LogP contribution is -2.24. The Labute approximate surface area is 135 Å². The molecule has 0 amide bonds. The molecular formula is C18H22IN. The molecule has 1 unspecified atom stereocenters. The van der Waals surface area contributed by atoms with Crippen LogP contribution in [0.15, 0.2) is 48.5 Å². The second kappa shape index (κ2) is 7.79. The van der Waals surface area contributed by atoms with Gasteiger partial charge in [0, 0.05) is 3.57 Å². The molecule has 2 heteroatoms. The molecule has 0 saturated carbocycles. The Morgan fingerprint density at radius 1 is 1.05 bits per heavy atom. The number of hydrogen-bond acceptors (Lipinski definition) is 1. The number of nitrogens with one attached hydrogen (secondary N) is 1. The van der Waals surface area contributed by atoms with E-state index in [2.05, 4.69) is 90.3 Å². The minimum absolute atomic E-state index is 0.287. The van der Waals surface area contributed by atoms with Gasteiger partial charge in [0.1, 0.15) is 0 Å². The number of hydrogen-bond donors (Lipinski definition) is 1. The standard InChI is InChI=1S/C18H22IN/c1-3-12-20-18(16-10-5-6-11-17(16)19)15-9-7-8-14(4-2)13-15/h5-11,13,18,20H,3-4,12H2,1-2H3. The van der Waals surface area contributed by atoms with Crippen LogP contribution in [0.4, 0.5) is 0 Å². The summed E-state index contributed by atoms with van der Waals surface area (Å²) in [6.45, 7) is 5.45. The molecule has 0 bridgehead atoms. The fourth-order valence-corrected chi connectivity index (χ4v) is 3.10. The maximum Gasteiger partial charge on any atom is 0.0587 e. The molecule has 2 aromatic carbocycles. The molecule has 1 N–H and O–H groups in total. The Kier molecular flexibility index (Phi) is 6.05. The van der Waals surface area contributed by atoms with E-state index in [1.54, 1.807) is 0 Å². The topological polar surface area (TPSA) is 12.0 Å². The van der Waals surface area contributed by atoms with Crippen molar-refractivity contribution in [3.63, 3.8) is 0 Å². The van der Waals surface area contributed by atoms with E-state index in [9.17, 15) is 0 Å². The summed E-state index contributed by atoms with van der Waals surface area (Å²) in [5, 5.41) is 3.69. The normalized spacial score (nSPS) is 12.3. The van der Waals surface area contributed by atoms with Crippen molar-refractivity contribution < 1.29 is 0 Å². The van der Waals surface area contributed by atoms with Crippen LogP contribution in [0.3, 0.4) is 0 Å². The van der Waals surface area contributed by atoms with Crippen LogP contribution in [0, 0.1) is 3.57 Å². The molecule has 1 nitrogen and oxygen atoms in total. The molecule has 0 spiro atoms. The summed E-state index contributed by atoms with van der Waals surface area (Å²) in [6, 6.07) is 17.9. The van der Waals surface area contributed by atoms with Gasteiger partial charge in [-0.1, -0.05) is 56.3 Å². The Morgan fingerprint density at radius 2 is 1.85 bits per heavy atom. The zero-order valence-electron chi connectivity index (χ0n) is 12.2. The van der Waals surface area contributed by atoms with Crippen LogP contribution in [0.1, 0.15) is 43.0 Å². The van der Waals surface area contributed by atoms with E-state index in [4.69, 9.17) is 0 Å². The first-order chi connectivity index (χ1) is 9.76. The van der Waals surface area contributed by atoms with Crippen LogP contribution in [0.25, 0.3) is 0 Å². The van der Waals surface area contributed by atoms with Gasteiger partial charge in [0.05, 0.1) is 6.04 Å². The molecule has 0 fully saturated rings. The van der Waals surface area contributed by atoms with Crippen LogP contribution in [-0.2, 0) is 6.42 Å². The summed E-state index contributed by atoms with van der Waals surface area (Å²) in [5.74, 6) is 0. The van der Waals surface area contributed by atoms with Crippen LogP contribution in [0.5, 0.6) is 0 Å². The number of benzene rings is 2. The van der Waals surface area contributed by atoms with E-state index in [1.807, 2.05) is 0 Å². The minimum Gasteiger partial charge on any atom is -0.306 e. The summed E-state index contributed by atoms with van der Waals surface area (Å²) in [4.78, 5) is 0. The summed E-state index contributed by atoms with van der Waals surface area (Å²) < 4.78 is 1.32. The second-order valence-corrected chi connectivity index (χ2v) is 6.17. The van der Waals surface area contributed by atoms with Crippen molar-refractivity contribution in [2.24, 2.45) is 0 Å². The van der Waals surface area contributed by atoms with Crippen molar-refractivity contribution >= 4 is 22.6 Å². The molecule has 0 heterocycles. The number of halogens is 1. The zero-order valence-corrected chi connectivity index (χ0v) is 14.4. The summed E-state index contributed by atoms with van der Waals surface area (Å²) >= 11 is 2.43. The lowest BCUT2D eigenvalue weighted by atomic mass is 9.96. The summed E-state index contributed by atoms with van der Waals surface area (Å²) in [7, 11) is 0.